The van der Waals surface area contributed by atoms with Crippen molar-refractivity contribution in [2.45, 2.75) is 30.1 Å². The van der Waals surface area contributed by atoms with E-state index >= 15 is 0 Å². The lowest BCUT2D eigenvalue weighted by Crippen LogP contribution is -2.32. The third-order valence-corrected chi connectivity index (χ3v) is 12.6. The van der Waals surface area contributed by atoms with Crippen molar-refractivity contribution in [3.05, 3.63) is 310 Å². The van der Waals surface area contributed by atoms with Gasteiger partial charge in [0.05, 0.1) is 16.5 Å². The highest BCUT2D eigenvalue weighted by Crippen LogP contribution is 2.49. The van der Waals surface area contributed by atoms with Crippen LogP contribution in [0.3, 0.4) is 0 Å². The van der Waals surface area contributed by atoms with Crippen LogP contribution in [0.1, 0.15) is 75.0 Å². The van der Waals surface area contributed by atoms with Crippen molar-refractivity contribution in [1.29, 1.82) is 0 Å². The Balaban J connectivity index is 1.24. The normalized spacial score (nSPS) is 12.0. The van der Waals surface area contributed by atoms with Crippen molar-refractivity contribution in [3.8, 4) is 5.75 Å². The van der Waals surface area contributed by atoms with E-state index in [4.69, 9.17) is 4.99 Å². The fourth-order valence-electron chi connectivity index (χ4n) is 9.53. The second-order valence-corrected chi connectivity index (χ2v) is 16.5. The molecule has 0 bridgehead atoms. The monoisotopic (exact) mass is 799 g/mol. The molecule has 1 N–H and O–H groups in total. The lowest BCUT2D eigenvalue weighted by Gasteiger charge is -2.38. The predicted octanol–water partition coefficient (Wildman–Crippen LogP) is 14.2. The number of aliphatic imine (C=N–C) groups is 1. The third kappa shape index (κ3) is 7.14. The molecule has 0 saturated carbocycles. The van der Waals surface area contributed by atoms with Crippen LogP contribution in [0.2, 0.25) is 0 Å². The van der Waals surface area contributed by atoms with Crippen LogP contribution in [0, 0.1) is 0 Å². The van der Waals surface area contributed by atoms with E-state index in [1.165, 1.54) is 16.7 Å². The fourth-order valence-corrected chi connectivity index (χ4v) is 9.53. The molecule has 9 aromatic rings. The van der Waals surface area contributed by atoms with E-state index in [0.717, 1.165) is 44.6 Å². The van der Waals surface area contributed by atoms with Gasteiger partial charge in [-0.1, -0.05) is 238 Å². The van der Waals surface area contributed by atoms with Crippen molar-refractivity contribution in [2.24, 2.45) is 4.99 Å². The van der Waals surface area contributed by atoms with Gasteiger partial charge in [-0.15, -0.1) is 0 Å². The van der Waals surface area contributed by atoms with E-state index in [-0.39, 0.29) is 5.75 Å². The van der Waals surface area contributed by atoms with Gasteiger partial charge < -0.3 is 5.11 Å². The number of hydrogen-bond acceptors (Lipinski definition) is 2. The van der Waals surface area contributed by atoms with E-state index < -0.39 is 16.2 Å². The second-order valence-electron chi connectivity index (χ2n) is 16.5. The summed E-state index contributed by atoms with van der Waals surface area (Å²) in [4.78, 5) is 5.13. The van der Waals surface area contributed by atoms with Crippen molar-refractivity contribution < 1.29 is 5.11 Å². The number of hydrogen-bond donors (Lipinski definition) is 1. The number of benzene rings is 9. The first-order valence-electron chi connectivity index (χ1n) is 21.3. The molecule has 0 unspecified atom stereocenters. The first-order chi connectivity index (χ1) is 30.4. The zero-order valence-corrected chi connectivity index (χ0v) is 35.1. The Morgan fingerprint density at radius 1 is 0.339 bits per heavy atom. The van der Waals surface area contributed by atoms with Crippen molar-refractivity contribution >= 4 is 11.9 Å². The molecule has 0 aromatic heterocycles. The summed E-state index contributed by atoms with van der Waals surface area (Å²) in [6, 6.07) is 87.7. The molecule has 2 nitrogen and oxygen atoms in total. The van der Waals surface area contributed by atoms with Gasteiger partial charge >= 0.3 is 0 Å². The molecule has 9 rings (SSSR count). The molecule has 0 saturated heterocycles. The molecular formula is C60H49NO. The summed E-state index contributed by atoms with van der Waals surface area (Å²) in [7, 11) is 0. The maximum atomic E-state index is 12.5. The van der Waals surface area contributed by atoms with Gasteiger partial charge in [0.2, 0.25) is 0 Å². The standard InChI is InChI=1S/C60H49NO/c1-58(2,46-24-10-3-11-25-46)56-43-54(60(50-32-18-7-19-33-50,51-34-20-8-21-35-51)52-36-22-9-23-37-52)42-45(57(56)62)44-61-55-40-38-53(39-41-55)59(47-26-12-4-13-27-47,48-28-14-5-15-29-48)49-30-16-6-17-31-49/h3-44,62H,1-2H3. The van der Waals surface area contributed by atoms with Crippen LogP contribution in [-0.2, 0) is 16.2 Å². The van der Waals surface area contributed by atoms with Gasteiger partial charge in [0.15, 0.2) is 0 Å². The van der Waals surface area contributed by atoms with Crippen molar-refractivity contribution in [3.63, 3.8) is 0 Å². The van der Waals surface area contributed by atoms with Gasteiger partial charge in [-0.3, -0.25) is 4.99 Å². The Morgan fingerprint density at radius 2 is 0.629 bits per heavy atom. The van der Waals surface area contributed by atoms with Crippen LogP contribution >= 0.6 is 0 Å². The van der Waals surface area contributed by atoms with E-state index in [1.807, 2.05) is 12.3 Å². The first-order valence-corrected chi connectivity index (χ1v) is 21.3. The minimum Gasteiger partial charge on any atom is -0.507 e. The molecule has 0 heterocycles. The Labute approximate surface area is 366 Å². The minimum absolute atomic E-state index is 0.210. The van der Waals surface area contributed by atoms with Crippen LogP contribution < -0.4 is 0 Å². The quantitative estimate of drug-likeness (QED) is 0.0969. The Bertz CT molecular complexity index is 2680. The number of nitrogens with zero attached hydrogens (tertiary/aromatic N) is 1. The molecule has 0 radical (unpaired) electrons. The van der Waals surface area contributed by atoms with E-state index in [1.54, 1.807) is 0 Å². The number of aromatic hydroxyl groups is 1. The lowest BCUT2D eigenvalue weighted by atomic mass is 9.63. The van der Waals surface area contributed by atoms with Gasteiger partial charge in [-0.05, 0) is 74.3 Å². The summed E-state index contributed by atoms with van der Waals surface area (Å²) in [6.45, 7) is 4.38. The molecule has 0 spiro atoms. The summed E-state index contributed by atoms with van der Waals surface area (Å²) in [5, 5.41) is 12.5. The van der Waals surface area contributed by atoms with Crippen LogP contribution in [0.25, 0.3) is 0 Å². The fraction of sp³-hybridized carbons (Fsp3) is 0.0833. The highest BCUT2D eigenvalue weighted by atomic mass is 16.3. The summed E-state index contributed by atoms with van der Waals surface area (Å²) in [6.07, 6.45) is 1.84. The number of phenolic OH excluding ortho intramolecular Hbond substituents is 1. The molecule has 0 aliphatic carbocycles. The summed E-state index contributed by atoms with van der Waals surface area (Å²) >= 11 is 0. The van der Waals surface area contributed by atoms with Crippen LogP contribution in [0.5, 0.6) is 5.75 Å². The van der Waals surface area contributed by atoms with Crippen LogP contribution in [-0.4, -0.2) is 11.3 Å². The van der Waals surface area contributed by atoms with Gasteiger partial charge in [-0.25, -0.2) is 0 Å². The third-order valence-electron chi connectivity index (χ3n) is 12.6. The topological polar surface area (TPSA) is 32.6 Å². The average Bonchev–Trinajstić information content (AvgIpc) is 3.34. The number of rotatable bonds is 12. The van der Waals surface area contributed by atoms with Crippen molar-refractivity contribution in [2.75, 3.05) is 0 Å². The molecule has 300 valence electrons. The minimum atomic E-state index is -0.723. The van der Waals surface area contributed by atoms with E-state index in [9.17, 15) is 5.11 Å². The van der Waals surface area contributed by atoms with E-state index in [0.29, 0.717) is 5.56 Å². The molecule has 0 atom stereocenters. The van der Waals surface area contributed by atoms with Gasteiger partial charge in [0.25, 0.3) is 0 Å². The predicted molar refractivity (Wildman–Crippen MR) is 257 cm³/mol. The molecule has 0 fully saturated rings. The molecule has 0 aliphatic rings. The average molecular weight is 800 g/mol. The summed E-state index contributed by atoms with van der Waals surface area (Å²) < 4.78 is 0. The number of phenols is 1. The molecule has 0 amide bonds. The highest BCUT2D eigenvalue weighted by molar-refractivity contribution is 5.87. The smallest absolute Gasteiger partial charge is 0.128 e. The highest BCUT2D eigenvalue weighted by Gasteiger charge is 2.41. The maximum absolute atomic E-state index is 12.5. The van der Waals surface area contributed by atoms with Gasteiger partial charge in [-0.2, -0.15) is 0 Å². The molecule has 62 heavy (non-hydrogen) atoms. The zero-order chi connectivity index (χ0) is 42.4. The zero-order valence-electron chi connectivity index (χ0n) is 35.1. The second kappa shape index (κ2) is 17.2. The maximum Gasteiger partial charge on any atom is 0.128 e. The van der Waals surface area contributed by atoms with Crippen molar-refractivity contribution in [1.82, 2.24) is 0 Å². The molecule has 0 aliphatic heterocycles. The summed E-state index contributed by atoms with van der Waals surface area (Å²) in [5.74, 6) is 0.210. The van der Waals surface area contributed by atoms with E-state index in [2.05, 4.69) is 257 Å². The largest absolute Gasteiger partial charge is 0.507 e. The molecular weight excluding hydrogens is 751 g/mol. The molecule has 9 aromatic carbocycles. The molecule has 2 heteroatoms. The SMILES string of the molecule is CC(C)(c1ccccc1)c1cc(C(c2ccccc2)(c2ccccc2)c2ccccc2)cc(C=Nc2ccc(C(c3ccccc3)(c3ccccc3)c3ccccc3)cc2)c1O. The van der Waals surface area contributed by atoms with Crippen LogP contribution in [0.15, 0.2) is 254 Å². The first kappa shape index (κ1) is 39.9. The lowest BCUT2D eigenvalue weighted by molar-refractivity contribution is 0.451. The Kier molecular flexibility index (Phi) is 11.1. The van der Waals surface area contributed by atoms with Crippen LogP contribution in [0.4, 0.5) is 5.69 Å². The Morgan fingerprint density at radius 3 is 0.968 bits per heavy atom. The Hall–Kier alpha value is -7.55. The van der Waals surface area contributed by atoms with Gasteiger partial charge in [0.1, 0.15) is 5.75 Å². The van der Waals surface area contributed by atoms with Gasteiger partial charge in [0, 0.05) is 22.8 Å². The summed E-state index contributed by atoms with van der Waals surface area (Å²) in [5.41, 5.74) is 10.6.